The van der Waals surface area contributed by atoms with Crippen molar-refractivity contribution < 1.29 is 14.3 Å². The second-order valence-electron chi connectivity index (χ2n) is 8.68. The van der Waals surface area contributed by atoms with E-state index in [1.54, 1.807) is 13.2 Å². The van der Waals surface area contributed by atoms with E-state index in [9.17, 15) is 4.79 Å². The molecule has 0 aliphatic heterocycles. The number of benzene rings is 2. The lowest BCUT2D eigenvalue weighted by Gasteiger charge is -2.06. The summed E-state index contributed by atoms with van der Waals surface area (Å²) in [7, 11) is 1.63. The molecule has 0 saturated carbocycles. The summed E-state index contributed by atoms with van der Waals surface area (Å²) < 4.78 is 10.9. The third-order valence-electron chi connectivity index (χ3n) is 5.90. The Morgan fingerprint density at radius 3 is 2.54 bits per heavy atom. The van der Waals surface area contributed by atoms with Crippen LogP contribution in [0.15, 0.2) is 85.5 Å². The van der Waals surface area contributed by atoms with Crippen molar-refractivity contribution >= 4 is 16.9 Å². The van der Waals surface area contributed by atoms with Crippen molar-refractivity contribution in [3.05, 3.63) is 96.7 Å². The lowest BCUT2D eigenvalue weighted by Crippen LogP contribution is -2.08. The van der Waals surface area contributed by atoms with Gasteiger partial charge in [0.1, 0.15) is 17.2 Å². The summed E-state index contributed by atoms with van der Waals surface area (Å²) in [6.45, 7) is 3.71. The summed E-state index contributed by atoms with van der Waals surface area (Å²) in [5.41, 5.74) is 2.50. The topological polar surface area (TPSA) is 51.3 Å². The first-order valence-electron chi connectivity index (χ1n) is 12.6. The Kier molecular flexibility index (Phi) is 10.9. The number of hydrogen-bond acceptors (Lipinski definition) is 3. The smallest absolute Gasteiger partial charge is 0.360 e. The number of rotatable bonds is 15. The molecule has 4 nitrogen and oxygen atoms in total. The average molecular weight is 472 g/mol. The zero-order valence-corrected chi connectivity index (χ0v) is 20.8. The van der Waals surface area contributed by atoms with Crippen molar-refractivity contribution in [1.82, 2.24) is 4.98 Å². The van der Waals surface area contributed by atoms with Gasteiger partial charge >= 0.3 is 5.97 Å². The SMILES string of the molecule is C=CC/C=C\C/C=C\CCCCCCCc1cccc(OC(=O)c2cc3cc(OC)ccc3[nH]2)c1. The fourth-order valence-corrected chi connectivity index (χ4v) is 3.98. The standard InChI is InChI=1S/C31H37NO3/c1-3-4-5-6-7-8-9-10-11-12-13-14-15-17-25-18-16-19-28(22-25)35-31(33)30-24-26-23-27(34-2)20-21-29(26)32-30/h3,5-6,8-9,16,18-24,32H,1,4,7,10-15,17H2,2H3/b6-5-,9-8-. The average Bonchev–Trinajstić information content (AvgIpc) is 3.31. The number of methoxy groups -OCH3 is 1. The van der Waals surface area contributed by atoms with Crippen molar-refractivity contribution in [2.24, 2.45) is 0 Å². The third kappa shape index (κ3) is 8.97. The molecular formula is C31H37NO3. The molecule has 0 saturated heterocycles. The van der Waals surface area contributed by atoms with Gasteiger partial charge in [0.2, 0.25) is 0 Å². The van der Waals surface area contributed by atoms with Crippen LogP contribution in [-0.2, 0) is 6.42 Å². The number of aromatic amines is 1. The third-order valence-corrected chi connectivity index (χ3v) is 5.90. The van der Waals surface area contributed by atoms with Crippen molar-refractivity contribution in [3.8, 4) is 11.5 Å². The number of unbranched alkanes of at least 4 members (excludes halogenated alkanes) is 5. The molecule has 0 aliphatic rings. The number of carbonyl (C=O) groups is 1. The zero-order chi connectivity index (χ0) is 24.7. The molecular weight excluding hydrogens is 434 g/mol. The van der Waals surface area contributed by atoms with E-state index in [0.717, 1.165) is 48.8 Å². The molecule has 0 fully saturated rings. The van der Waals surface area contributed by atoms with E-state index in [0.29, 0.717) is 11.4 Å². The zero-order valence-electron chi connectivity index (χ0n) is 20.8. The van der Waals surface area contributed by atoms with E-state index in [1.807, 2.05) is 42.5 Å². The lowest BCUT2D eigenvalue weighted by atomic mass is 10.0. The largest absolute Gasteiger partial charge is 0.497 e. The maximum absolute atomic E-state index is 12.6. The Hall–Kier alpha value is -3.53. The summed E-state index contributed by atoms with van der Waals surface area (Å²) >= 11 is 0. The van der Waals surface area contributed by atoms with Crippen molar-refractivity contribution in [2.45, 2.75) is 57.8 Å². The van der Waals surface area contributed by atoms with Gasteiger partial charge < -0.3 is 14.5 Å². The number of aromatic nitrogens is 1. The summed E-state index contributed by atoms with van der Waals surface area (Å²) in [5.74, 6) is 0.943. The van der Waals surface area contributed by atoms with Crippen molar-refractivity contribution in [3.63, 3.8) is 0 Å². The van der Waals surface area contributed by atoms with Crippen LogP contribution in [0.2, 0.25) is 0 Å². The van der Waals surface area contributed by atoms with Gasteiger partial charge in [-0.3, -0.25) is 0 Å². The van der Waals surface area contributed by atoms with E-state index in [4.69, 9.17) is 9.47 Å². The molecule has 0 bridgehead atoms. The van der Waals surface area contributed by atoms with Gasteiger partial charge in [0.15, 0.2) is 0 Å². The molecule has 1 N–H and O–H groups in total. The predicted molar refractivity (Wildman–Crippen MR) is 145 cm³/mol. The summed E-state index contributed by atoms with van der Waals surface area (Å²) in [4.78, 5) is 15.8. The maximum atomic E-state index is 12.6. The number of aryl methyl sites for hydroxylation is 1. The summed E-state index contributed by atoms with van der Waals surface area (Å²) in [6.07, 6.45) is 21.0. The van der Waals surface area contributed by atoms with Crippen LogP contribution in [0, 0.1) is 0 Å². The maximum Gasteiger partial charge on any atom is 0.360 e. The molecule has 2 aromatic carbocycles. The quantitative estimate of drug-likeness (QED) is 0.105. The number of H-pyrrole nitrogens is 1. The fourth-order valence-electron chi connectivity index (χ4n) is 3.98. The highest BCUT2D eigenvalue weighted by atomic mass is 16.5. The molecule has 1 heterocycles. The Balaban J connectivity index is 1.35. The van der Waals surface area contributed by atoms with Gasteiger partial charge in [0.25, 0.3) is 0 Å². The van der Waals surface area contributed by atoms with E-state index in [-0.39, 0.29) is 5.97 Å². The number of nitrogens with one attached hydrogen (secondary N) is 1. The molecule has 0 spiro atoms. The normalized spacial score (nSPS) is 11.5. The first-order chi connectivity index (χ1) is 17.2. The van der Waals surface area contributed by atoms with Crippen LogP contribution in [0.1, 0.15) is 67.4 Å². The Morgan fingerprint density at radius 1 is 0.886 bits per heavy atom. The molecule has 3 rings (SSSR count). The van der Waals surface area contributed by atoms with Crippen LogP contribution in [0.25, 0.3) is 10.9 Å². The van der Waals surface area contributed by atoms with E-state index >= 15 is 0 Å². The van der Waals surface area contributed by atoms with Gasteiger partial charge in [-0.15, -0.1) is 6.58 Å². The van der Waals surface area contributed by atoms with E-state index in [2.05, 4.69) is 41.9 Å². The number of ether oxygens (including phenoxy) is 2. The Bertz CT molecular complexity index is 1140. The Morgan fingerprint density at radius 2 is 1.69 bits per heavy atom. The van der Waals surface area contributed by atoms with Crippen molar-refractivity contribution in [1.29, 1.82) is 0 Å². The highest BCUT2D eigenvalue weighted by molar-refractivity contribution is 5.96. The molecule has 184 valence electrons. The van der Waals surface area contributed by atoms with Crippen LogP contribution < -0.4 is 9.47 Å². The summed E-state index contributed by atoms with van der Waals surface area (Å²) in [6, 6.07) is 15.3. The van der Waals surface area contributed by atoms with Crippen molar-refractivity contribution in [2.75, 3.05) is 7.11 Å². The number of fused-ring (bicyclic) bond motifs is 1. The summed E-state index contributed by atoms with van der Waals surface area (Å²) in [5, 5.41) is 0.914. The van der Waals surface area contributed by atoms with Gasteiger partial charge in [0, 0.05) is 10.9 Å². The number of esters is 1. The molecule has 35 heavy (non-hydrogen) atoms. The van der Waals surface area contributed by atoms with Gasteiger partial charge in [-0.25, -0.2) is 4.79 Å². The molecule has 0 aliphatic carbocycles. The predicted octanol–water partition coefficient (Wildman–Crippen LogP) is 8.36. The van der Waals surface area contributed by atoms with Gasteiger partial charge in [-0.1, -0.05) is 61.8 Å². The minimum Gasteiger partial charge on any atom is -0.497 e. The molecule has 0 unspecified atom stereocenters. The Labute approximate surface area is 209 Å². The van der Waals surface area contributed by atoms with Gasteiger partial charge in [-0.2, -0.15) is 0 Å². The van der Waals surface area contributed by atoms with Crippen LogP contribution in [0.5, 0.6) is 11.5 Å². The van der Waals surface area contributed by atoms with Crippen LogP contribution >= 0.6 is 0 Å². The van der Waals surface area contributed by atoms with Crippen LogP contribution in [-0.4, -0.2) is 18.1 Å². The monoisotopic (exact) mass is 471 g/mol. The molecule has 1 aromatic heterocycles. The molecule has 0 amide bonds. The van der Waals surface area contributed by atoms with Gasteiger partial charge in [-0.05, 0) is 80.5 Å². The number of hydrogen-bond donors (Lipinski definition) is 1. The second kappa shape index (κ2) is 14.7. The molecule has 3 aromatic rings. The molecule has 4 heteroatoms. The van der Waals surface area contributed by atoms with Crippen LogP contribution in [0.3, 0.4) is 0 Å². The highest BCUT2D eigenvalue weighted by Crippen LogP contribution is 2.23. The number of allylic oxidation sites excluding steroid dienone is 5. The number of carbonyl (C=O) groups excluding carboxylic acids is 1. The fraction of sp³-hybridized carbons (Fsp3) is 0.323. The highest BCUT2D eigenvalue weighted by Gasteiger charge is 2.13. The van der Waals surface area contributed by atoms with E-state index in [1.165, 1.54) is 31.2 Å². The van der Waals surface area contributed by atoms with Crippen LogP contribution in [0.4, 0.5) is 0 Å². The first kappa shape index (κ1) is 26.1. The molecule has 0 atom stereocenters. The van der Waals surface area contributed by atoms with E-state index < -0.39 is 0 Å². The lowest BCUT2D eigenvalue weighted by molar-refractivity contribution is 0.0729. The van der Waals surface area contributed by atoms with Gasteiger partial charge in [0.05, 0.1) is 7.11 Å². The first-order valence-corrected chi connectivity index (χ1v) is 12.6. The second-order valence-corrected chi connectivity index (χ2v) is 8.68. The minimum absolute atomic E-state index is 0.390. The minimum atomic E-state index is -0.390. The molecule has 0 radical (unpaired) electrons.